The smallest absolute Gasteiger partial charge is 0.251 e. The summed E-state index contributed by atoms with van der Waals surface area (Å²) in [5, 5.41) is 13.0. The Morgan fingerprint density at radius 2 is 1.83 bits per heavy atom. The fraction of sp³-hybridized carbons (Fsp3) is 0.500. The molecule has 1 aliphatic carbocycles. The van der Waals surface area contributed by atoms with Gasteiger partial charge in [-0.2, -0.15) is 0 Å². The molecular weight excluding hydrogens is 233 g/mol. The van der Waals surface area contributed by atoms with E-state index in [0.29, 0.717) is 5.56 Å². The first-order valence-corrected chi connectivity index (χ1v) is 6.35. The minimum absolute atomic E-state index is 0.267. The Morgan fingerprint density at radius 3 is 2.44 bits per heavy atom. The maximum atomic E-state index is 12.7. The van der Waals surface area contributed by atoms with Crippen LogP contribution < -0.4 is 5.32 Å². The largest absolute Gasteiger partial charge is 0.388 e. The Hall–Kier alpha value is -1.42. The van der Waals surface area contributed by atoms with Crippen molar-refractivity contribution in [2.24, 2.45) is 0 Å². The van der Waals surface area contributed by atoms with Gasteiger partial charge in [0.15, 0.2) is 0 Å². The number of hydrogen-bond donors (Lipinski definition) is 2. The van der Waals surface area contributed by atoms with Gasteiger partial charge in [-0.05, 0) is 37.1 Å². The van der Waals surface area contributed by atoms with Crippen molar-refractivity contribution in [1.82, 2.24) is 5.32 Å². The summed E-state index contributed by atoms with van der Waals surface area (Å²) in [6.07, 6.45) is 4.62. The number of hydrogen-bond acceptors (Lipinski definition) is 2. The molecule has 3 nitrogen and oxygen atoms in total. The highest BCUT2D eigenvalue weighted by Crippen LogP contribution is 2.27. The average Bonchev–Trinajstić information content (AvgIpc) is 2.38. The van der Waals surface area contributed by atoms with Crippen LogP contribution in [0.5, 0.6) is 0 Å². The van der Waals surface area contributed by atoms with Crippen LogP contribution in [-0.2, 0) is 0 Å². The molecule has 4 heteroatoms. The summed E-state index contributed by atoms with van der Waals surface area (Å²) in [7, 11) is 0. The van der Waals surface area contributed by atoms with Crippen LogP contribution in [0, 0.1) is 5.82 Å². The zero-order valence-corrected chi connectivity index (χ0v) is 10.3. The number of carbonyl (C=O) groups excluding carboxylic acids is 1. The molecule has 0 heterocycles. The molecule has 1 fully saturated rings. The zero-order chi connectivity index (χ0) is 13.0. The summed E-state index contributed by atoms with van der Waals surface area (Å²) < 4.78 is 12.7. The van der Waals surface area contributed by atoms with Crippen LogP contribution in [0.25, 0.3) is 0 Å². The summed E-state index contributed by atoms with van der Waals surface area (Å²) in [5.74, 6) is -0.633. The topological polar surface area (TPSA) is 49.3 Å². The van der Waals surface area contributed by atoms with Crippen LogP contribution in [0.2, 0.25) is 0 Å². The monoisotopic (exact) mass is 251 g/mol. The third kappa shape index (κ3) is 3.29. The first-order chi connectivity index (χ1) is 8.59. The van der Waals surface area contributed by atoms with Gasteiger partial charge < -0.3 is 10.4 Å². The third-order valence-electron chi connectivity index (χ3n) is 3.47. The molecule has 0 aromatic heterocycles. The van der Waals surface area contributed by atoms with E-state index in [2.05, 4.69) is 5.32 Å². The van der Waals surface area contributed by atoms with Crippen molar-refractivity contribution in [3.05, 3.63) is 35.6 Å². The lowest BCUT2D eigenvalue weighted by molar-refractivity contribution is 0.00525. The number of halogens is 1. The molecule has 0 atom stereocenters. The molecule has 1 saturated carbocycles. The zero-order valence-electron chi connectivity index (χ0n) is 10.3. The number of benzene rings is 1. The minimum atomic E-state index is -0.770. The van der Waals surface area contributed by atoms with E-state index < -0.39 is 5.60 Å². The lowest BCUT2D eigenvalue weighted by Gasteiger charge is -2.32. The quantitative estimate of drug-likeness (QED) is 0.865. The standard InChI is InChI=1S/C14H18FNO2/c15-12-6-4-11(5-7-12)13(17)16-10-14(18)8-2-1-3-9-14/h4-7,18H,1-3,8-10H2,(H,16,17). The van der Waals surface area contributed by atoms with Gasteiger partial charge in [-0.25, -0.2) is 4.39 Å². The Balaban J connectivity index is 1.89. The molecule has 1 aromatic carbocycles. The summed E-state index contributed by atoms with van der Waals surface area (Å²) in [5.41, 5.74) is -0.357. The average molecular weight is 251 g/mol. The summed E-state index contributed by atoms with van der Waals surface area (Å²) >= 11 is 0. The fourth-order valence-electron chi connectivity index (χ4n) is 2.33. The van der Waals surface area contributed by atoms with Gasteiger partial charge in [0.1, 0.15) is 5.82 Å². The van der Waals surface area contributed by atoms with Crippen molar-refractivity contribution in [3.63, 3.8) is 0 Å². The van der Waals surface area contributed by atoms with Crippen LogP contribution in [0.4, 0.5) is 4.39 Å². The molecule has 0 bridgehead atoms. The number of amides is 1. The Labute approximate surface area is 106 Å². The number of rotatable bonds is 3. The van der Waals surface area contributed by atoms with E-state index in [1.165, 1.54) is 24.3 Å². The van der Waals surface area contributed by atoms with Crippen LogP contribution in [0.1, 0.15) is 42.5 Å². The second-order valence-corrected chi connectivity index (χ2v) is 4.97. The SMILES string of the molecule is O=C(NCC1(O)CCCCC1)c1ccc(F)cc1. The number of aliphatic hydroxyl groups is 1. The van der Waals surface area contributed by atoms with E-state index in [1.807, 2.05) is 0 Å². The first-order valence-electron chi connectivity index (χ1n) is 6.35. The molecule has 1 aliphatic rings. The van der Waals surface area contributed by atoms with Crippen molar-refractivity contribution < 1.29 is 14.3 Å². The second-order valence-electron chi connectivity index (χ2n) is 4.97. The maximum absolute atomic E-state index is 12.7. The van der Waals surface area contributed by atoms with Crippen LogP contribution in [0.3, 0.4) is 0 Å². The van der Waals surface area contributed by atoms with Gasteiger partial charge in [-0.3, -0.25) is 4.79 Å². The van der Waals surface area contributed by atoms with Gasteiger partial charge in [-0.1, -0.05) is 19.3 Å². The Kier molecular flexibility index (Phi) is 3.97. The normalized spacial score (nSPS) is 18.3. The van der Waals surface area contributed by atoms with E-state index in [9.17, 15) is 14.3 Å². The van der Waals surface area contributed by atoms with Crippen molar-refractivity contribution in [3.8, 4) is 0 Å². The number of carbonyl (C=O) groups is 1. The fourth-order valence-corrected chi connectivity index (χ4v) is 2.33. The summed E-state index contributed by atoms with van der Waals surface area (Å²) in [4.78, 5) is 11.8. The highest BCUT2D eigenvalue weighted by Gasteiger charge is 2.29. The molecule has 0 radical (unpaired) electrons. The van der Waals surface area contributed by atoms with Gasteiger partial charge in [-0.15, -0.1) is 0 Å². The molecule has 2 N–H and O–H groups in total. The molecule has 0 saturated heterocycles. The molecular formula is C14H18FNO2. The van der Waals surface area contributed by atoms with Crippen molar-refractivity contribution >= 4 is 5.91 Å². The van der Waals surface area contributed by atoms with E-state index in [-0.39, 0.29) is 18.3 Å². The third-order valence-corrected chi connectivity index (χ3v) is 3.47. The molecule has 1 aromatic rings. The van der Waals surface area contributed by atoms with Gasteiger partial charge in [0.2, 0.25) is 0 Å². The highest BCUT2D eigenvalue weighted by molar-refractivity contribution is 5.94. The predicted octanol–water partition coefficient (Wildman–Crippen LogP) is 2.25. The lowest BCUT2D eigenvalue weighted by Crippen LogP contribution is -2.44. The van der Waals surface area contributed by atoms with Crippen LogP contribution >= 0.6 is 0 Å². The summed E-state index contributed by atoms with van der Waals surface area (Å²) in [6.45, 7) is 0.267. The molecule has 0 spiro atoms. The van der Waals surface area contributed by atoms with Crippen LogP contribution in [-0.4, -0.2) is 23.2 Å². The Morgan fingerprint density at radius 1 is 1.22 bits per heavy atom. The minimum Gasteiger partial charge on any atom is -0.388 e. The van der Waals surface area contributed by atoms with Crippen molar-refractivity contribution in [2.45, 2.75) is 37.7 Å². The molecule has 2 rings (SSSR count). The lowest BCUT2D eigenvalue weighted by atomic mass is 9.85. The molecule has 18 heavy (non-hydrogen) atoms. The Bertz CT molecular complexity index is 410. The van der Waals surface area contributed by atoms with Crippen molar-refractivity contribution in [2.75, 3.05) is 6.54 Å². The second kappa shape index (κ2) is 5.48. The van der Waals surface area contributed by atoms with Gasteiger partial charge in [0, 0.05) is 12.1 Å². The molecule has 0 aliphatic heterocycles. The van der Waals surface area contributed by atoms with Gasteiger partial charge in [0.25, 0.3) is 5.91 Å². The predicted molar refractivity (Wildman–Crippen MR) is 66.8 cm³/mol. The number of nitrogens with one attached hydrogen (secondary N) is 1. The first kappa shape index (κ1) is 13.0. The molecule has 98 valence electrons. The maximum Gasteiger partial charge on any atom is 0.251 e. The summed E-state index contributed by atoms with van der Waals surface area (Å²) in [6, 6.07) is 5.39. The highest BCUT2D eigenvalue weighted by atomic mass is 19.1. The van der Waals surface area contributed by atoms with Crippen LogP contribution in [0.15, 0.2) is 24.3 Å². The van der Waals surface area contributed by atoms with E-state index >= 15 is 0 Å². The van der Waals surface area contributed by atoms with E-state index in [4.69, 9.17) is 0 Å². The molecule has 0 unspecified atom stereocenters. The van der Waals surface area contributed by atoms with E-state index in [0.717, 1.165) is 32.1 Å². The molecule has 1 amide bonds. The van der Waals surface area contributed by atoms with Gasteiger partial charge >= 0.3 is 0 Å². The van der Waals surface area contributed by atoms with Crippen molar-refractivity contribution in [1.29, 1.82) is 0 Å². The van der Waals surface area contributed by atoms with E-state index in [1.54, 1.807) is 0 Å². The van der Waals surface area contributed by atoms with Gasteiger partial charge in [0.05, 0.1) is 5.60 Å².